The van der Waals surface area contributed by atoms with Crippen LogP contribution in [0.25, 0.3) is 0 Å². The summed E-state index contributed by atoms with van der Waals surface area (Å²) in [6.45, 7) is 0. The van der Waals surface area contributed by atoms with Crippen molar-refractivity contribution in [2.45, 2.75) is 18.7 Å². The molecule has 1 N–H and O–H groups in total. The molecule has 25 heavy (non-hydrogen) atoms. The van der Waals surface area contributed by atoms with E-state index in [-0.39, 0.29) is 12.1 Å². The van der Waals surface area contributed by atoms with Crippen molar-refractivity contribution >= 4 is 29.2 Å². The van der Waals surface area contributed by atoms with Crippen molar-refractivity contribution in [3.63, 3.8) is 0 Å². The number of cyclic esters (lactones) is 1. The van der Waals surface area contributed by atoms with Crippen LogP contribution in [-0.4, -0.2) is 18.0 Å². The number of esters is 1. The normalized spacial score (nSPS) is 16.8. The Morgan fingerprint density at radius 1 is 1.20 bits per heavy atom. The number of alkyl halides is 3. The van der Waals surface area contributed by atoms with E-state index in [9.17, 15) is 22.8 Å². The Bertz CT molecular complexity index is 851. The van der Waals surface area contributed by atoms with Gasteiger partial charge < -0.3 is 10.1 Å². The minimum Gasteiger partial charge on any atom is -0.448 e. The lowest BCUT2D eigenvalue weighted by molar-refractivity contribution is -0.137. The molecule has 2 aromatic carbocycles. The summed E-state index contributed by atoms with van der Waals surface area (Å²) in [4.78, 5) is 24.2. The minimum atomic E-state index is -4.64. The Balaban J connectivity index is 1.79. The fourth-order valence-corrected chi connectivity index (χ4v) is 2.75. The van der Waals surface area contributed by atoms with E-state index in [1.807, 2.05) is 0 Å². The van der Waals surface area contributed by atoms with Crippen molar-refractivity contribution in [3.05, 3.63) is 64.2 Å². The highest BCUT2D eigenvalue weighted by Gasteiger charge is 2.34. The zero-order chi connectivity index (χ0) is 18.2. The average molecular weight is 370 g/mol. The first-order valence-corrected chi connectivity index (χ1v) is 7.60. The number of fused-ring (bicyclic) bond motifs is 1. The number of halogens is 4. The molecular formula is C17H11ClF3NO3. The summed E-state index contributed by atoms with van der Waals surface area (Å²) in [5.74, 6) is -1.35. The monoisotopic (exact) mass is 369 g/mol. The molecule has 1 amide bonds. The summed E-state index contributed by atoms with van der Waals surface area (Å²) < 4.78 is 43.7. The zero-order valence-corrected chi connectivity index (χ0v) is 13.3. The van der Waals surface area contributed by atoms with Crippen molar-refractivity contribution in [2.75, 3.05) is 5.32 Å². The number of ether oxygens (including phenoxy) is 1. The Morgan fingerprint density at radius 2 is 1.92 bits per heavy atom. The molecule has 1 aliphatic rings. The highest BCUT2D eigenvalue weighted by atomic mass is 35.5. The number of carbonyl (C=O) groups is 2. The number of carbonyl (C=O) groups excluding carboxylic acids is 2. The molecule has 2 aromatic rings. The Hall–Kier alpha value is -2.54. The number of rotatable bonds is 2. The van der Waals surface area contributed by atoms with Crippen LogP contribution in [0.5, 0.6) is 0 Å². The Labute approximate surface area is 145 Å². The van der Waals surface area contributed by atoms with E-state index in [0.717, 1.165) is 12.1 Å². The number of hydrogen-bond donors (Lipinski definition) is 1. The first-order valence-electron chi connectivity index (χ1n) is 7.22. The fraction of sp³-hybridized carbons (Fsp3) is 0.176. The molecule has 0 saturated heterocycles. The van der Waals surface area contributed by atoms with Crippen molar-refractivity contribution in [3.8, 4) is 0 Å². The van der Waals surface area contributed by atoms with E-state index in [1.165, 1.54) is 6.07 Å². The quantitative estimate of drug-likeness (QED) is 0.812. The third-order valence-corrected chi connectivity index (χ3v) is 4.05. The van der Waals surface area contributed by atoms with Crippen LogP contribution in [0.4, 0.5) is 18.9 Å². The van der Waals surface area contributed by atoms with E-state index in [1.54, 1.807) is 24.3 Å². The first kappa shape index (κ1) is 17.3. The van der Waals surface area contributed by atoms with Crippen molar-refractivity contribution in [1.82, 2.24) is 0 Å². The summed E-state index contributed by atoms with van der Waals surface area (Å²) in [6, 6.07) is 9.70. The molecular weight excluding hydrogens is 359 g/mol. The standard InChI is InChI=1S/C17H11ClF3NO3/c18-13-6-5-10(8-12(13)17(19,20)21)22-15(23)14-7-9-3-1-2-4-11(9)16(24)25-14/h1-6,8,14H,7H2,(H,22,23)/t14-/m1/s1. The Kier molecular flexibility index (Phi) is 4.43. The molecule has 0 spiro atoms. The van der Waals surface area contributed by atoms with Gasteiger partial charge in [0, 0.05) is 12.1 Å². The second-order valence-electron chi connectivity index (χ2n) is 5.44. The topological polar surface area (TPSA) is 55.4 Å². The van der Waals surface area contributed by atoms with Crippen LogP contribution in [0.2, 0.25) is 5.02 Å². The van der Waals surface area contributed by atoms with Crippen LogP contribution < -0.4 is 5.32 Å². The molecule has 130 valence electrons. The van der Waals surface area contributed by atoms with Gasteiger partial charge in [-0.3, -0.25) is 4.79 Å². The highest BCUT2D eigenvalue weighted by Crippen LogP contribution is 2.36. The maximum Gasteiger partial charge on any atom is 0.417 e. The third-order valence-electron chi connectivity index (χ3n) is 3.72. The van der Waals surface area contributed by atoms with Crippen molar-refractivity contribution in [2.24, 2.45) is 0 Å². The van der Waals surface area contributed by atoms with Crippen LogP contribution >= 0.6 is 11.6 Å². The summed E-state index contributed by atoms with van der Waals surface area (Å²) >= 11 is 5.54. The van der Waals surface area contributed by atoms with Gasteiger partial charge in [-0.2, -0.15) is 13.2 Å². The molecule has 0 radical (unpaired) electrons. The van der Waals surface area contributed by atoms with Crippen molar-refractivity contribution in [1.29, 1.82) is 0 Å². The van der Waals surface area contributed by atoms with Crippen LogP contribution in [-0.2, 0) is 22.1 Å². The smallest absolute Gasteiger partial charge is 0.417 e. The van der Waals surface area contributed by atoms with E-state index in [0.29, 0.717) is 11.1 Å². The van der Waals surface area contributed by atoms with Crippen LogP contribution in [0.3, 0.4) is 0 Å². The fourth-order valence-electron chi connectivity index (χ4n) is 2.52. The molecule has 0 aliphatic carbocycles. The van der Waals surface area contributed by atoms with E-state index >= 15 is 0 Å². The maximum atomic E-state index is 12.9. The summed E-state index contributed by atoms with van der Waals surface area (Å²) in [7, 11) is 0. The molecule has 0 unspecified atom stereocenters. The summed E-state index contributed by atoms with van der Waals surface area (Å²) in [5.41, 5.74) is -0.127. The molecule has 0 fully saturated rings. The van der Waals surface area contributed by atoms with E-state index in [2.05, 4.69) is 5.32 Å². The highest BCUT2D eigenvalue weighted by molar-refractivity contribution is 6.31. The van der Waals surface area contributed by atoms with Gasteiger partial charge in [0.05, 0.1) is 16.1 Å². The number of amides is 1. The van der Waals surface area contributed by atoms with E-state index in [4.69, 9.17) is 16.3 Å². The number of hydrogen-bond acceptors (Lipinski definition) is 3. The number of benzene rings is 2. The van der Waals surface area contributed by atoms with E-state index < -0.39 is 34.7 Å². The van der Waals surface area contributed by atoms with Gasteiger partial charge in [-0.05, 0) is 29.8 Å². The van der Waals surface area contributed by atoms with Gasteiger partial charge in [-0.25, -0.2) is 4.79 Å². The molecule has 0 saturated carbocycles. The Morgan fingerprint density at radius 3 is 2.64 bits per heavy atom. The van der Waals surface area contributed by atoms with Gasteiger partial charge >= 0.3 is 12.1 Å². The van der Waals surface area contributed by atoms with Gasteiger partial charge in [0.25, 0.3) is 5.91 Å². The molecule has 1 aliphatic heterocycles. The largest absolute Gasteiger partial charge is 0.448 e. The molecule has 4 nitrogen and oxygen atoms in total. The second-order valence-corrected chi connectivity index (χ2v) is 5.84. The van der Waals surface area contributed by atoms with Gasteiger partial charge in [0.15, 0.2) is 6.10 Å². The maximum absolute atomic E-state index is 12.9. The first-order chi connectivity index (χ1) is 11.8. The lowest BCUT2D eigenvalue weighted by Crippen LogP contribution is -2.38. The second kappa shape index (κ2) is 6.40. The third kappa shape index (κ3) is 3.61. The number of nitrogens with one attached hydrogen (secondary N) is 1. The summed E-state index contributed by atoms with van der Waals surface area (Å²) in [6.07, 6.45) is -5.62. The van der Waals surface area contributed by atoms with Gasteiger partial charge in [0.1, 0.15) is 0 Å². The van der Waals surface area contributed by atoms with Crippen LogP contribution in [0.1, 0.15) is 21.5 Å². The van der Waals surface area contributed by atoms with Crippen LogP contribution in [0.15, 0.2) is 42.5 Å². The molecule has 1 atom stereocenters. The zero-order valence-electron chi connectivity index (χ0n) is 12.6. The lowest BCUT2D eigenvalue weighted by Gasteiger charge is -2.24. The SMILES string of the molecule is O=C1O[C@@H](C(=O)Nc2ccc(Cl)c(C(F)(F)F)c2)Cc2ccccc21. The van der Waals surface area contributed by atoms with Gasteiger partial charge in [-0.1, -0.05) is 29.8 Å². The number of anilines is 1. The molecule has 8 heteroatoms. The minimum absolute atomic E-state index is 0.0865. The average Bonchev–Trinajstić information content (AvgIpc) is 2.55. The summed E-state index contributed by atoms with van der Waals surface area (Å²) in [5, 5.41) is 1.86. The molecule has 0 aromatic heterocycles. The molecule has 1 heterocycles. The van der Waals surface area contributed by atoms with Gasteiger partial charge in [0.2, 0.25) is 0 Å². The molecule has 0 bridgehead atoms. The van der Waals surface area contributed by atoms with Crippen molar-refractivity contribution < 1.29 is 27.5 Å². The predicted octanol–water partition coefficient (Wildman–Crippen LogP) is 4.08. The van der Waals surface area contributed by atoms with Gasteiger partial charge in [-0.15, -0.1) is 0 Å². The predicted molar refractivity (Wildman–Crippen MR) is 84.4 cm³/mol. The van der Waals surface area contributed by atoms with Crippen LogP contribution in [0, 0.1) is 0 Å². The molecule has 3 rings (SSSR count). The lowest BCUT2D eigenvalue weighted by atomic mass is 9.98.